The number of carboxylic acid groups (broad SMARTS) is 2. The highest BCUT2D eigenvalue weighted by Gasteiger charge is 2.33. The molecule has 0 bridgehead atoms. The molecule has 0 aliphatic heterocycles. The smallest absolute Gasteiger partial charge is 0.326 e. The van der Waals surface area contributed by atoms with Crippen LogP contribution in [-0.2, 0) is 35.2 Å². The van der Waals surface area contributed by atoms with Crippen molar-refractivity contribution < 1.29 is 44.1 Å². The van der Waals surface area contributed by atoms with Crippen molar-refractivity contribution in [2.24, 2.45) is 11.5 Å². The van der Waals surface area contributed by atoms with Crippen LogP contribution in [-0.4, -0.2) is 91.1 Å². The second kappa shape index (κ2) is 14.4. The van der Waals surface area contributed by atoms with Gasteiger partial charge in [-0.2, -0.15) is 0 Å². The van der Waals surface area contributed by atoms with E-state index in [1.807, 2.05) is 0 Å². The monoisotopic (exact) mass is 513 g/mol. The Balaban J connectivity index is 2.94. The number of H-pyrrole nitrogens is 1. The molecule has 0 saturated heterocycles. The number of hydrogen-bond acceptors (Lipinski definition) is 9. The summed E-state index contributed by atoms with van der Waals surface area (Å²) in [6.07, 6.45) is -0.229. The summed E-state index contributed by atoms with van der Waals surface area (Å²) in [6, 6.07) is -5.77. The van der Waals surface area contributed by atoms with E-state index in [2.05, 4.69) is 25.9 Å². The van der Waals surface area contributed by atoms with Crippen LogP contribution < -0.4 is 27.4 Å². The lowest BCUT2D eigenvalue weighted by molar-refractivity contribution is -0.143. The lowest BCUT2D eigenvalue weighted by Crippen LogP contribution is -2.60. The van der Waals surface area contributed by atoms with Gasteiger partial charge in [-0.1, -0.05) is 0 Å². The van der Waals surface area contributed by atoms with Crippen molar-refractivity contribution in [1.29, 1.82) is 0 Å². The molecule has 200 valence electrons. The Kier molecular flexibility index (Phi) is 12.0. The maximum atomic E-state index is 12.8. The van der Waals surface area contributed by atoms with E-state index in [0.717, 1.165) is 0 Å². The zero-order valence-electron chi connectivity index (χ0n) is 19.5. The van der Waals surface area contributed by atoms with Gasteiger partial charge in [0, 0.05) is 31.2 Å². The Bertz CT molecular complexity index is 936. The summed E-state index contributed by atoms with van der Waals surface area (Å²) in [6.45, 7) is 1.17. The largest absolute Gasteiger partial charge is 0.481 e. The zero-order chi connectivity index (χ0) is 27.4. The number of imidazole rings is 1. The predicted molar refractivity (Wildman–Crippen MR) is 121 cm³/mol. The van der Waals surface area contributed by atoms with Crippen molar-refractivity contribution in [3.63, 3.8) is 0 Å². The minimum absolute atomic E-state index is 0.125. The molecule has 0 aliphatic rings. The normalized spacial score (nSPS) is 15.0. The van der Waals surface area contributed by atoms with Gasteiger partial charge in [0.2, 0.25) is 23.6 Å². The second-order valence-electron chi connectivity index (χ2n) is 8.01. The van der Waals surface area contributed by atoms with E-state index in [4.69, 9.17) is 16.6 Å². The molecule has 1 rings (SSSR count). The van der Waals surface area contributed by atoms with E-state index >= 15 is 0 Å². The third kappa shape index (κ3) is 10.5. The van der Waals surface area contributed by atoms with Crippen LogP contribution in [0.1, 0.15) is 38.3 Å². The first-order valence-electron chi connectivity index (χ1n) is 10.9. The number of carboxylic acids is 2. The third-order valence-electron chi connectivity index (χ3n) is 4.97. The summed E-state index contributed by atoms with van der Waals surface area (Å²) in [5.74, 6) is -6.28. The van der Waals surface area contributed by atoms with Crippen molar-refractivity contribution in [3.8, 4) is 0 Å². The molecule has 0 spiro atoms. The highest BCUT2D eigenvalue weighted by atomic mass is 16.4. The number of aliphatic hydroxyl groups excluding tert-OH is 1. The molecule has 4 amide bonds. The number of nitrogens with zero attached hydrogens (tertiary/aromatic N) is 1. The van der Waals surface area contributed by atoms with Crippen LogP contribution in [0.2, 0.25) is 0 Å². The van der Waals surface area contributed by atoms with Crippen LogP contribution >= 0.6 is 0 Å². The quantitative estimate of drug-likeness (QED) is 0.104. The fourth-order valence-electron chi connectivity index (χ4n) is 2.98. The van der Waals surface area contributed by atoms with Crippen LogP contribution in [0, 0.1) is 0 Å². The number of nitrogens with two attached hydrogens (primary N) is 2. The van der Waals surface area contributed by atoms with Crippen molar-refractivity contribution >= 4 is 35.6 Å². The molecule has 16 heteroatoms. The molecular weight excluding hydrogens is 482 g/mol. The Hall–Kier alpha value is -4.05. The van der Waals surface area contributed by atoms with Gasteiger partial charge in [0.25, 0.3) is 0 Å². The molecule has 36 heavy (non-hydrogen) atoms. The van der Waals surface area contributed by atoms with Crippen molar-refractivity contribution in [1.82, 2.24) is 25.9 Å². The third-order valence-corrected chi connectivity index (χ3v) is 4.97. The Morgan fingerprint density at radius 1 is 0.972 bits per heavy atom. The summed E-state index contributed by atoms with van der Waals surface area (Å²) in [5, 5.41) is 35.1. The van der Waals surface area contributed by atoms with Crippen molar-refractivity contribution in [2.45, 2.75) is 69.3 Å². The number of aromatic nitrogens is 2. The second-order valence-corrected chi connectivity index (χ2v) is 8.01. The molecular formula is C20H31N7O9. The van der Waals surface area contributed by atoms with E-state index in [0.29, 0.717) is 5.69 Å². The van der Waals surface area contributed by atoms with Gasteiger partial charge in [0.15, 0.2) is 0 Å². The number of hydrogen-bond donors (Lipinski definition) is 9. The number of aliphatic hydroxyl groups is 1. The van der Waals surface area contributed by atoms with Gasteiger partial charge < -0.3 is 47.7 Å². The fraction of sp³-hybridized carbons (Fsp3) is 0.550. The topological polar surface area (TPSA) is 280 Å². The van der Waals surface area contributed by atoms with E-state index < -0.39 is 72.3 Å². The molecule has 0 saturated carbocycles. The van der Waals surface area contributed by atoms with Crippen LogP contribution in [0.3, 0.4) is 0 Å². The minimum atomic E-state index is -1.64. The summed E-state index contributed by atoms with van der Waals surface area (Å²) >= 11 is 0. The zero-order valence-corrected chi connectivity index (χ0v) is 19.5. The van der Waals surface area contributed by atoms with Gasteiger partial charge in [-0.25, -0.2) is 9.78 Å². The molecule has 5 atom stereocenters. The maximum absolute atomic E-state index is 12.8. The van der Waals surface area contributed by atoms with E-state index in [1.165, 1.54) is 19.4 Å². The highest BCUT2D eigenvalue weighted by Crippen LogP contribution is 2.05. The molecule has 1 aromatic heterocycles. The van der Waals surface area contributed by atoms with Crippen LogP contribution in [0.25, 0.3) is 0 Å². The fourth-order valence-corrected chi connectivity index (χ4v) is 2.98. The molecule has 16 nitrogen and oxygen atoms in total. The van der Waals surface area contributed by atoms with Gasteiger partial charge >= 0.3 is 11.9 Å². The summed E-state index contributed by atoms with van der Waals surface area (Å²) in [4.78, 5) is 77.8. The Labute approximate surface area is 205 Å². The average molecular weight is 514 g/mol. The van der Waals surface area contributed by atoms with Gasteiger partial charge in [-0.3, -0.25) is 24.0 Å². The lowest BCUT2D eigenvalue weighted by Gasteiger charge is -2.26. The van der Waals surface area contributed by atoms with Crippen molar-refractivity contribution in [3.05, 3.63) is 18.2 Å². The Morgan fingerprint density at radius 3 is 2.11 bits per heavy atom. The molecule has 1 heterocycles. The lowest BCUT2D eigenvalue weighted by atomic mass is 10.1. The predicted octanol–water partition coefficient (Wildman–Crippen LogP) is -3.67. The van der Waals surface area contributed by atoms with E-state index in [9.17, 15) is 39.0 Å². The molecule has 0 aromatic carbocycles. The SMILES string of the molecule is CC(O)C(NC(=O)C(CCC(=O)O)NC(=O)C(N)CCC(N)=O)C(=O)NC(Cc1cnc[nH]1)C(=O)O. The summed E-state index contributed by atoms with van der Waals surface area (Å²) in [5.41, 5.74) is 11.1. The number of amides is 4. The summed E-state index contributed by atoms with van der Waals surface area (Å²) in [7, 11) is 0. The highest BCUT2D eigenvalue weighted by molar-refractivity contribution is 5.94. The average Bonchev–Trinajstić information content (AvgIpc) is 3.30. The first-order chi connectivity index (χ1) is 16.8. The Morgan fingerprint density at radius 2 is 1.61 bits per heavy atom. The number of rotatable bonds is 16. The number of carbonyl (C=O) groups is 6. The number of primary amides is 1. The molecule has 11 N–H and O–H groups in total. The first kappa shape index (κ1) is 30.0. The van der Waals surface area contributed by atoms with Gasteiger partial charge in [-0.15, -0.1) is 0 Å². The molecule has 5 unspecified atom stereocenters. The molecule has 0 radical (unpaired) electrons. The van der Waals surface area contributed by atoms with E-state index in [1.54, 1.807) is 0 Å². The van der Waals surface area contributed by atoms with Gasteiger partial charge in [-0.05, 0) is 19.8 Å². The number of aromatic amines is 1. The number of aliphatic carboxylic acids is 2. The van der Waals surface area contributed by atoms with Crippen LogP contribution in [0.5, 0.6) is 0 Å². The maximum Gasteiger partial charge on any atom is 0.326 e. The first-order valence-corrected chi connectivity index (χ1v) is 10.9. The number of carbonyl (C=O) groups excluding carboxylic acids is 4. The molecule has 0 fully saturated rings. The van der Waals surface area contributed by atoms with Crippen molar-refractivity contribution in [2.75, 3.05) is 0 Å². The van der Waals surface area contributed by atoms with Crippen LogP contribution in [0.4, 0.5) is 0 Å². The van der Waals surface area contributed by atoms with E-state index in [-0.39, 0.29) is 25.7 Å². The van der Waals surface area contributed by atoms with Crippen LogP contribution in [0.15, 0.2) is 12.5 Å². The standard InChI is InChI=1S/C20H31N7O9/c1-9(28)16(19(34)26-13(20(35)36)6-10-7-23-8-24-10)27-18(33)12(3-5-15(30)31)25-17(32)11(21)2-4-14(22)29/h7-9,11-13,16,28H,2-6,21H2,1H3,(H2,22,29)(H,23,24)(H,25,32)(H,26,34)(H,27,33)(H,30,31)(H,35,36). The van der Waals surface area contributed by atoms with Gasteiger partial charge in [0.05, 0.1) is 18.5 Å². The molecule has 0 aliphatic carbocycles. The summed E-state index contributed by atoms with van der Waals surface area (Å²) < 4.78 is 0. The number of nitrogens with one attached hydrogen (secondary N) is 4. The minimum Gasteiger partial charge on any atom is -0.481 e. The molecule has 1 aromatic rings. The van der Waals surface area contributed by atoms with Gasteiger partial charge in [0.1, 0.15) is 18.1 Å².